The maximum Gasteiger partial charge on any atom is 0.337 e. The van der Waals surface area contributed by atoms with Crippen LogP contribution in [0.1, 0.15) is 18.9 Å². The van der Waals surface area contributed by atoms with E-state index in [1.165, 1.54) is 0 Å². The van der Waals surface area contributed by atoms with Crippen molar-refractivity contribution in [1.29, 1.82) is 0 Å². The van der Waals surface area contributed by atoms with Gasteiger partial charge in [-0.05, 0) is 41.3 Å². The van der Waals surface area contributed by atoms with Gasteiger partial charge in [-0.25, -0.2) is 4.79 Å². The van der Waals surface area contributed by atoms with E-state index < -0.39 is 24.2 Å². The predicted octanol–water partition coefficient (Wildman–Crippen LogP) is 2.99. The molecule has 0 bridgehead atoms. The van der Waals surface area contributed by atoms with E-state index in [4.69, 9.17) is 23.2 Å². The van der Waals surface area contributed by atoms with Crippen LogP contribution in [0.5, 0.6) is 0 Å². The summed E-state index contributed by atoms with van der Waals surface area (Å²) in [4.78, 5) is 23.4. The number of benzene rings is 2. The Morgan fingerprint density at radius 1 is 1.03 bits per heavy atom. The fraction of sp³-hybridized carbons (Fsp3) is 0.333. The molecule has 0 aliphatic heterocycles. The molecule has 2 aromatic carbocycles. The maximum atomic E-state index is 11.8. The number of amides is 1. The zero-order valence-electron chi connectivity index (χ0n) is 16.1. The Hall–Kier alpha value is -2.12. The van der Waals surface area contributed by atoms with Crippen molar-refractivity contribution in [3.63, 3.8) is 0 Å². The summed E-state index contributed by atoms with van der Waals surface area (Å²) < 4.78 is 4.47. The van der Waals surface area contributed by atoms with Crippen molar-refractivity contribution in [2.75, 3.05) is 7.11 Å². The Bertz CT molecular complexity index is 836. The summed E-state index contributed by atoms with van der Waals surface area (Å²) in [5.74, 6) is -1.28. The van der Waals surface area contributed by atoms with Gasteiger partial charge in [-0.3, -0.25) is 4.79 Å². The molecule has 8 heteroatoms. The molecule has 1 amide bonds. The molecular formula is C21H23Cl2NO5. The molecule has 156 valence electrons. The van der Waals surface area contributed by atoms with Crippen molar-refractivity contribution in [3.05, 3.63) is 58.1 Å². The van der Waals surface area contributed by atoms with Gasteiger partial charge >= 0.3 is 5.97 Å². The minimum absolute atomic E-state index is 0.200. The van der Waals surface area contributed by atoms with Crippen molar-refractivity contribution in [2.45, 2.75) is 38.0 Å². The lowest BCUT2D eigenvalue weighted by atomic mass is 9.95. The van der Waals surface area contributed by atoms with Gasteiger partial charge in [-0.2, -0.15) is 0 Å². The zero-order chi connectivity index (χ0) is 21.6. The number of carbonyl (C=O) groups is 2. The van der Waals surface area contributed by atoms with Crippen LogP contribution in [0.4, 0.5) is 0 Å². The number of hydrogen-bond donors (Lipinski definition) is 3. The third kappa shape index (κ3) is 6.44. The minimum atomic E-state index is -1.77. The number of aliphatic hydroxyl groups excluding tert-OH is 2. The van der Waals surface area contributed by atoms with Crippen LogP contribution in [0.25, 0.3) is 11.1 Å². The molecule has 0 aliphatic carbocycles. The number of halogens is 2. The van der Waals surface area contributed by atoms with Gasteiger partial charge in [0.05, 0.1) is 13.2 Å². The van der Waals surface area contributed by atoms with Gasteiger partial charge in [-0.1, -0.05) is 54.4 Å². The lowest BCUT2D eigenvalue weighted by Gasteiger charge is -2.26. The first-order valence-corrected chi connectivity index (χ1v) is 9.79. The summed E-state index contributed by atoms with van der Waals surface area (Å²) in [5.41, 5.74) is 2.54. The van der Waals surface area contributed by atoms with Crippen molar-refractivity contribution in [2.24, 2.45) is 0 Å². The Labute approximate surface area is 179 Å². The lowest BCUT2D eigenvalue weighted by molar-refractivity contribution is -0.158. The number of aliphatic hydroxyl groups is 2. The van der Waals surface area contributed by atoms with Crippen LogP contribution in [0.2, 0.25) is 10.0 Å². The van der Waals surface area contributed by atoms with E-state index in [9.17, 15) is 19.8 Å². The van der Waals surface area contributed by atoms with Gasteiger partial charge in [0.25, 0.3) is 0 Å². The van der Waals surface area contributed by atoms with Crippen molar-refractivity contribution in [1.82, 2.24) is 5.32 Å². The predicted molar refractivity (Wildman–Crippen MR) is 112 cm³/mol. The van der Waals surface area contributed by atoms with Gasteiger partial charge in [0.1, 0.15) is 6.10 Å². The number of carbonyl (C=O) groups excluding carboxylic acids is 2. The summed E-state index contributed by atoms with van der Waals surface area (Å²) in [5, 5.41) is 24.0. The third-order valence-electron chi connectivity index (χ3n) is 4.45. The van der Waals surface area contributed by atoms with E-state index in [0.29, 0.717) is 10.0 Å². The minimum Gasteiger partial charge on any atom is -0.467 e. The number of nitrogens with one attached hydrogen (secondary N) is 1. The molecule has 0 aromatic heterocycles. The van der Waals surface area contributed by atoms with Crippen molar-refractivity contribution in [3.8, 4) is 11.1 Å². The molecule has 0 aliphatic rings. The van der Waals surface area contributed by atoms with Crippen molar-refractivity contribution < 1.29 is 24.5 Å². The summed E-state index contributed by atoms with van der Waals surface area (Å²) in [7, 11) is 1.11. The molecule has 0 radical (unpaired) electrons. The average molecular weight is 440 g/mol. The third-order valence-corrected chi connectivity index (χ3v) is 4.89. The van der Waals surface area contributed by atoms with Crippen LogP contribution in [-0.2, 0) is 20.7 Å². The molecule has 2 rings (SSSR count). The molecule has 3 N–H and O–H groups in total. The summed E-state index contributed by atoms with van der Waals surface area (Å²) in [6.45, 7) is 1.67. The summed E-state index contributed by atoms with van der Waals surface area (Å²) in [6.07, 6.45) is -2.89. The van der Waals surface area contributed by atoms with E-state index in [1.54, 1.807) is 25.1 Å². The van der Waals surface area contributed by atoms with Crippen molar-refractivity contribution >= 4 is 35.1 Å². The number of methoxy groups -OCH3 is 1. The topological polar surface area (TPSA) is 95.9 Å². The molecule has 3 unspecified atom stereocenters. The van der Waals surface area contributed by atoms with Crippen LogP contribution in [0.3, 0.4) is 0 Å². The first-order chi connectivity index (χ1) is 13.7. The number of rotatable bonds is 8. The number of ether oxygens (including phenoxy) is 1. The van der Waals surface area contributed by atoms with Crippen LogP contribution in [0, 0.1) is 0 Å². The van der Waals surface area contributed by atoms with Gasteiger partial charge in [0.15, 0.2) is 6.10 Å². The Kier molecular flexibility index (Phi) is 8.46. The van der Waals surface area contributed by atoms with Crippen LogP contribution in [-0.4, -0.2) is 47.4 Å². The fourth-order valence-electron chi connectivity index (χ4n) is 2.85. The second kappa shape index (κ2) is 10.6. The van der Waals surface area contributed by atoms with Gasteiger partial charge in [-0.15, -0.1) is 0 Å². The highest BCUT2D eigenvalue weighted by atomic mass is 35.5. The Balaban J connectivity index is 2.21. The smallest absolute Gasteiger partial charge is 0.337 e. The Morgan fingerprint density at radius 2 is 1.62 bits per heavy atom. The fourth-order valence-corrected chi connectivity index (χ4v) is 3.38. The zero-order valence-corrected chi connectivity index (χ0v) is 17.6. The standard InChI is InChI=1S/C21H23Cl2NO5/c1-3-18(25)24-17(19(26)20(27)21(28)29-2)8-12-4-6-13(7-5-12)14-9-15(22)11-16(23)10-14/h4-7,9-11,17,19-20,26-27H,3,8H2,1-2H3,(H,24,25). The second-order valence-electron chi connectivity index (χ2n) is 6.55. The quantitative estimate of drug-likeness (QED) is 0.549. The SMILES string of the molecule is CCC(=O)NC(Cc1ccc(-c2cc(Cl)cc(Cl)c2)cc1)C(O)C(O)C(=O)OC. The highest BCUT2D eigenvalue weighted by molar-refractivity contribution is 6.35. The maximum absolute atomic E-state index is 11.8. The Morgan fingerprint density at radius 3 is 2.14 bits per heavy atom. The molecule has 0 heterocycles. The largest absolute Gasteiger partial charge is 0.467 e. The van der Waals surface area contributed by atoms with E-state index in [0.717, 1.165) is 23.8 Å². The molecular weight excluding hydrogens is 417 g/mol. The highest BCUT2D eigenvalue weighted by Gasteiger charge is 2.33. The molecule has 29 heavy (non-hydrogen) atoms. The van der Waals surface area contributed by atoms with E-state index in [1.807, 2.05) is 24.3 Å². The molecule has 0 spiro atoms. The van der Waals surface area contributed by atoms with E-state index in [-0.39, 0.29) is 18.7 Å². The monoisotopic (exact) mass is 439 g/mol. The number of hydrogen-bond acceptors (Lipinski definition) is 5. The first-order valence-electron chi connectivity index (χ1n) is 9.03. The summed E-state index contributed by atoms with van der Waals surface area (Å²) >= 11 is 12.1. The van der Waals surface area contributed by atoms with E-state index >= 15 is 0 Å². The number of esters is 1. The lowest BCUT2D eigenvalue weighted by Crippen LogP contribution is -2.52. The molecule has 0 saturated carbocycles. The molecule has 0 fully saturated rings. The van der Waals surface area contributed by atoms with Gasteiger partial charge in [0.2, 0.25) is 5.91 Å². The van der Waals surface area contributed by atoms with Crippen LogP contribution < -0.4 is 5.32 Å². The van der Waals surface area contributed by atoms with E-state index in [2.05, 4.69) is 10.1 Å². The van der Waals surface area contributed by atoms with Crippen LogP contribution in [0.15, 0.2) is 42.5 Å². The average Bonchev–Trinajstić information content (AvgIpc) is 2.71. The molecule has 2 aromatic rings. The second-order valence-corrected chi connectivity index (χ2v) is 7.42. The first kappa shape index (κ1) is 23.2. The summed E-state index contributed by atoms with van der Waals surface area (Å²) in [6, 6.07) is 11.7. The molecule has 0 saturated heterocycles. The van der Waals surface area contributed by atoms with Gasteiger partial charge in [0, 0.05) is 16.5 Å². The highest BCUT2D eigenvalue weighted by Crippen LogP contribution is 2.27. The molecule has 6 nitrogen and oxygen atoms in total. The van der Waals surface area contributed by atoms with Gasteiger partial charge < -0.3 is 20.3 Å². The van der Waals surface area contributed by atoms with Crippen LogP contribution >= 0.6 is 23.2 Å². The molecule has 3 atom stereocenters. The normalized spacial score (nSPS) is 14.0.